The molecule has 0 saturated heterocycles. The van der Waals surface area contributed by atoms with Crippen LogP contribution in [0.3, 0.4) is 0 Å². The Balaban J connectivity index is 2.30. The van der Waals surface area contributed by atoms with Gasteiger partial charge in [-0.05, 0) is 43.4 Å². The van der Waals surface area contributed by atoms with Gasteiger partial charge in [-0.2, -0.15) is 0 Å². The molecule has 19 heavy (non-hydrogen) atoms. The third kappa shape index (κ3) is 3.45. The van der Waals surface area contributed by atoms with Gasteiger partial charge in [0, 0.05) is 17.2 Å². The third-order valence-corrected chi connectivity index (χ3v) is 4.48. The molecule has 1 saturated carbocycles. The van der Waals surface area contributed by atoms with Gasteiger partial charge in [-0.15, -0.1) is 0 Å². The highest BCUT2D eigenvalue weighted by atomic mass is 35.7. The van der Waals surface area contributed by atoms with Crippen molar-refractivity contribution in [2.75, 3.05) is 6.54 Å². The first-order valence-corrected chi connectivity index (χ1v) is 8.13. The number of hydrogen-bond donors (Lipinski definition) is 1. The molecule has 1 aromatic rings. The zero-order valence-corrected chi connectivity index (χ0v) is 11.8. The maximum atomic E-state index is 13.7. The van der Waals surface area contributed by atoms with Crippen LogP contribution >= 0.6 is 10.7 Å². The van der Waals surface area contributed by atoms with E-state index in [1.165, 1.54) is 6.92 Å². The molecule has 1 fully saturated rings. The summed E-state index contributed by atoms with van der Waals surface area (Å²) in [5.41, 5.74) is -0.128. The van der Waals surface area contributed by atoms with Crippen molar-refractivity contribution in [3.05, 3.63) is 29.1 Å². The molecule has 0 heterocycles. The van der Waals surface area contributed by atoms with Crippen molar-refractivity contribution in [1.29, 1.82) is 0 Å². The molecule has 1 amide bonds. The number of nitrogens with one attached hydrogen (secondary N) is 1. The molecule has 1 aliphatic carbocycles. The van der Waals surface area contributed by atoms with Crippen LogP contribution in [0.25, 0.3) is 0 Å². The second-order valence-corrected chi connectivity index (χ2v) is 7.22. The van der Waals surface area contributed by atoms with Crippen LogP contribution in [-0.2, 0) is 9.05 Å². The van der Waals surface area contributed by atoms with Crippen LogP contribution in [0.15, 0.2) is 17.0 Å². The van der Waals surface area contributed by atoms with E-state index >= 15 is 0 Å². The Morgan fingerprint density at radius 2 is 2.11 bits per heavy atom. The predicted octanol–water partition coefficient (Wildman–Crippen LogP) is 2.20. The van der Waals surface area contributed by atoms with Crippen LogP contribution in [-0.4, -0.2) is 20.9 Å². The van der Waals surface area contributed by atoms with Crippen molar-refractivity contribution < 1.29 is 17.6 Å². The topological polar surface area (TPSA) is 63.2 Å². The Hall–Kier alpha value is -1.14. The first-order chi connectivity index (χ1) is 8.79. The van der Waals surface area contributed by atoms with E-state index in [0.29, 0.717) is 12.5 Å². The van der Waals surface area contributed by atoms with Gasteiger partial charge in [-0.25, -0.2) is 12.8 Å². The molecule has 2 rings (SSSR count). The summed E-state index contributed by atoms with van der Waals surface area (Å²) in [5, 5.41) is 2.58. The van der Waals surface area contributed by atoms with E-state index in [9.17, 15) is 17.6 Å². The number of carbonyl (C=O) groups is 1. The van der Waals surface area contributed by atoms with Crippen LogP contribution in [0.4, 0.5) is 4.39 Å². The summed E-state index contributed by atoms with van der Waals surface area (Å²) in [6, 6.07) is 1.98. The molecule has 7 heteroatoms. The number of hydrogen-bond acceptors (Lipinski definition) is 3. The highest BCUT2D eigenvalue weighted by Gasteiger charge is 2.24. The highest BCUT2D eigenvalue weighted by molar-refractivity contribution is 8.13. The van der Waals surface area contributed by atoms with E-state index in [0.717, 1.165) is 25.0 Å². The SMILES string of the molecule is Cc1cc(F)c(C(=O)NCC2CC2)cc1S(=O)(=O)Cl. The minimum absolute atomic E-state index is 0.172. The average Bonchev–Trinajstić information content (AvgIpc) is 3.07. The fraction of sp³-hybridized carbons (Fsp3) is 0.417. The van der Waals surface area contributed by atoms with E-state index < -0.39 is 20.8 Å². The smallest absolute Gasteiger partial charge is 0.261 e. The van der Waals surface area contributed by atoms with Crippen molar-refractivity contribution in [3.63, 3.8) is 0 Å². The molecule has 0 aliphatic heterocycles. The lowest BCUT2D eigenvalue weighted by molar-refractivity contribution is 0.0947. The summed E-state index contributed by atoms with van der Waals surface area (Å²) < 4.78 is 36.4. The molecule has 0 unspecified atom stereocenters. The number of aryl methyl sites for hydroxylation is 1. The lowest BCUT2D eigenvalue weighted by Crippen LogP contribution is -2.26. The summed E-state index contributed by atoms with van der Waals surface area (Å²) >= 11 is 0. The fourth-order valence-corrected chi connectivity index (χ4v) is 2.94. The second kappa shape index (κ2) is 5.09. The van der Waals surface area contributed by atoms with Crippen LogP contribution in [0, 0.1) is 18.7 Å². The Morgan fingerprint density at radius 3 is 2.63 bits per heavy atom. The Kier molecular flexibility index (Phi) is 3.82. The minimum atomic E-state index is -4.00. The fourth-order valence-electron chi connectivity index (χ4n) is 1.74. The van der Waals surface area contributed by atoms with Gasteiger partial charge < -0.3 is 5.32 Å². The molecule has 104 valence electrons. The van der Waals surface area contributed by atoms with Crippen LogP contribution in [0.1, 0.15) is 28.8 Å². The van der Waals surface area contributed by atoms with E-state index in [1.54, 1.807) is 0 Å². The van der Waals surface area contributed by atoms with Crippen molar-refractivity contribution in [2.24, 2.45) is 5.92 Å². The molecule has 0 radical (unpaired) electrons. The summed E-state index contributed by atoms with van der Waals surface area (Å²) in [7, 11) is 1.25. The summed E-state index contributed by atoms with van der Waals surface area (Å²) in [6.45, 7) is 1.90. The first-order valence-electron chi connectivity index (χ1n) is 5.82. The zero-order valence-electron chi connectivity index (χ0n) is 10.2. The Labute approximate surface area is 115 Å². The van der Waals surface area contributed by atoms with Gasteiger partial charge in [-0.1, -0.05) is 0 Å². The lowest BCUT2D eigenvalue weighted by Gasteiger charge is -2.08. The van der Waals surface area contributed by atoms with E-state index in [4.69, 9.17) is 10.7 Å². The predicted molar refractivity (Wildman–Crippen MR) is 69.2 cm³/mol. The molecule has 0 atom stereocenters. The number of amides is 1. The minimum Gasteiger partial charge on any atom is -0.352 e. The zero-order chi connectivity index (χ0) is 14.2. The molecular formula is C12H13ClFNO3S. The molecule has 0 aromatic heterocycles. The van der Waals surface area contributed by atoms with Crippen molar-refractivity contribution >= 4 is 25.6 Å². The second-order valence-electron chi connectivity index (χ2n) is 4.69. The summed E-state index contributed by atoms with van der Waals surface area (Å²) in [6.07, 6.45) is 2.11. The normalized spacial score (nSPS) is 15.3. The molecule has 1 aromatic carbocycles. The van der Waals surface area contributed by atoms with Crippen LogP contribution in [0.5, 0.6) is 0 Å². The van der Waals surface area contributed by atoms with Crippen molar-refractivity contribution in [3.8, 4) is 0 Å². The monoisotopic (exact) mass is 305 g/mol. The first kappa shape index (κ1) is 14.3. The standard InChI is InChI=1S/C12H13ClFNO3S/c1-7-4-10(14)9(5-11(7)19(13,17)18)12(16)15-6-8-2-3-8/h4-5,8H,2-3,6H2,1H3,(H,15,16). The van der Waals surface area contributed by atoms with Gasteiger partial charge in [0.2, 0.25) is 0 Å². The van der Waals surface area contributed by atoms with Gasteiger partial charge in [0.1, 0.15) is 5.82 Å². The maximum Gasteiger partial charge on any atom is 0.261 e. The van der Waals surface area contributed by atoms with Crippen molar-refractivity contribution in [2.45, 2.75) is 24.7 Å². The molecule has 4 nitrogen and oxygen atoms in total. The third-order valence-electron chi connectivity index (χ3n) is 3.02. The Bertz CT molecular complexity index is 626. The Morgan fingerprint density at radius 1 is 1.47 bits per heavy atom. The molecule has 0 spiro atoms. The number of halogens is 2. The number of benzene rings is 1. The quantitative estimate of drug-likeness (QED) is 0.867. The van der Waals surface area contributed by atoms with Crippen molar-refractivity contribution in [1.82, 2.24) is 5.32 Å². The van der Waals surface area contributed by atoms with Gasteiger partial charge in [0.25, 0.3) is 15.0 Å². The highest BCUT2D eigenvalue weighted by Crippen LogP contribution is 2.28. The lowest BCUT2D eigenvalue weighted by atomic mass is 10.1. The average molecular weight is 306 g/mol. The van der Waals surface area contributed by atoms with Gasteiger partial charge in [-0.3, -0.25) is 4.79 Å². The number of rotatable bonds is 4. The van der Waals surface area contributed by atoms with Gasteiger partial charge in [0.15, 0.2) is 0 Å². The van der Waals surface area contributed by atoms with Crippen LogP contribution in [0.2, 0.25) is 0 Å². The largest absolute Gasteiger partial charge is 0.352 e. The maximum absolute atomic E-state index is 13.7. The van der Waals surface area contributed by atoms with E-state index in [1.807, 2.05) is 0 Å². The van der Waals surface area contributed by atoms with Gasteiger partial charge >= 0.3 is 0 Å². The molecule has 1 N–H and O–H groups in total. The summed E-state index contributed by atoms with van der Waals surface area (Å²) in [5.74, 6) is -0.922. The van der Waals surface area contributed by atoms with E-state index in [2.05, 4.69) is 5.32 Å². The summed E-state index contributed by atoms with van der Waals surface area (Å²) in [4.78, 5) is 11.6. The van der Waals surface area contributed by atoms with Gasteiger partial charge in [0.05, 0.1) is 10.5 Å². The molecular weight excluding hydrogens is 293 g/mol. The molecule has 0 bridgehead atoms. The van der Waals surface area contributed by atoms with E-state index in [-0.39, 0.29) is 16.0 Å². The van der Waals surface area contributed by atoms with Crippen LogP contribution < -0.4 is 5.32 Å². The molecule has 1 aliphatic rings. The number of carbonyl (C=O) groups excluding carboxylic acids is 1.